The maximum absolute atomic E-state index is 10.3. The normalized spacial score (nSPS) is 14.0. The van der Waals surface area contributed by atoms with Crippen LogP contribution in [-0.2, 0) is 7.05 Å². The Morgan fingerprint density at radius 1 is 0.732 bits per heavy atom. The summed E-state index contributed by atoms with van der Waals surface area (Å²) in [6.07, 6.45) is 8.76. The summed E-state index contributed by atoms with van der Waals surface area (Å²) in [4.78, 5) is 0. The van der Waals surface area contributed by atoms with E-state index in [2.05, 4.69) is 96.4 Å². The van der Waals surface area contributed by atoms with E-state index in [0.717, 1.165) is 44.3 Å². The topological polar surface area (TPSA) is 40.8 Å². The van der Waals surface area contributed by atoms with Crippen molar-refractivity contribution in [3.63, 3.8) is 0 Å². The molecule has 1 fully saturated rings. The van der Waals surface area contributed by atoms with Crippen LogP contribution in [0.1, 0.15) is 54.7 Å². The summed E-state index contributed by atoms with van der Waals surface area (Å²) >= 11 is 0. The molecule has 0 saturated heterocycles. The quantitative estimate of drug-likeness (QED) is 0.212. The summed E-state index contributed by atoms with van der Waals surface area (Å²) in [5.41, 5.74) is 11.1. The van der Waals surface area contributed by atoms with Crippen molar-refractivity contribution in [3.05, 3.63) is 114 Å². The van der Waals surface area contributed by atoms with Crippen LogP contribution < -0.4 is 4.57 Å². The molecule has 41 heavy (non-hydrogen) atoms. The number of hydrogen-bond donors (Lipinski definition) is 0. The van der Waals surface area contributed by atoms with Crippen molar-refractivity contribution >= 4 is 21.9 Å². The lowest BCUT2D eigenvalue weighted by Crippen LogP contribution is -2.30. The molecule has 2 heterocycles. The molecule has 1 aliphatic rings. The van der Waals surface area contributed by atoms with E-state index < -0.39 is 0 Å². The van der Waals surface area contributed by atoms with Gasteiger partial charge in [0, 0.05) is 28.5 Å². The Labute approximate surface area is 241 Å². The molecule has 0 spiro atoms. The second-order valence-electron chi connectivity index (χ2n) is 11.4. The first kappa shape index (κ1) is 25.3. The molecule has 6 aromatic rings. The molecule has 1 aliphatic carbocycles. The summed E-state index contributed by atoms with van der Waals surface area (Å²) in [6, 6.07) is 34.7. The number of furan rings is 1. The first-order chi connectivity index (χ1) is 20.1. The summed E-state index contributed by atoms with van der Waals surface area (Å²) < 4.78 is 8.68. The zero-order valence-electron chi connectivity index (χ0n) is 23.7. The maximum Gasteiger partial charge on any atom is 0.216 e. The molecule has 0 N–H and O–H groups in total. The minimum absolute atomic E-state index is 0.573. The van der Waals surface area contributed by atoms with Crippen LogP contribution in [0.2, 0.25) is 0 Å². The highest BCUT2D eigenvalue weighted by molar-refractivity contribution is 6.12. The SMILES string of the molecule is Cc1ccc2c(oc3c(C#N)c(-c4ccc(-c5ccc(C6CCCCC6)cc5)cc4)ccc32)c1-c1cccc[n+]1C. The second kappa shape index (κ2) is 10.4. The molecule has 3 nitrogen and oxygen atoms in total. The fraction of sp³-hybridized carbons (Fsp3) is 0.211. The number of nitriles is 1. The van der Waals surface area contributed by atoms with Gasteiger partial charge in [0.25, 0.3) is 0 Å². The summed E-state index contributed by atoms with van der Waals surface area (Å²) in [5, 5.41) is 12.3. The van der Waals surface area contributed by atoms with Crippen LogP contribution in [0, 0.1) is 18.3 Å². The van der Waals surface area contributed by atoms with Gasteiger partial charge in [-0.1, -0.05) is 86.0 Å². The lowest BCUT2D eigenvalue weighted by molar-refractivity contribution is -0.660. The van der Waals surface area contributed by atoms with Crippen LogP contribution in [0.4, 0.5) is 0 Å². The Balaban J connectivity index is 1.27. The van der Waals surface area contributed by atoms with E-state index in [1.54, 1.807) is 0 Å². The summed E-state index contributed by atoms with van der Waals surface area (Å²) in [6.45, 7) is 2.11. The first-order valence-corrected chi connectivity index (χ1v) is 14.7. The largest absolute Gasteiger partial charge is 0.454 e. The molecule has 1 saturated carbocycles. The predicted molar refractivity (Wildman–Crippen MR) is 166 cm³/mol. The molecule has 3 heteroatoms. The van der Waals surface area contributed by atoms with Crippen LogP contribution in [0.3, 0.4) is 0 Å². The average molecular weight is 534 g/mol. The third-order valence-electron chi connectivity index (χ3n) is 8.96. The lowest BCUT2D eigenvalue weighted by Gasteiger charge is -2.22. The molecule has 4 aromatic carbocycles. The molecular weight excluding hydrogens is 500 g/mol. The van der Waals surface area contributed by atoms with Crippen LogP contribution in [0.5, 0.6) is 0 Å². The number of hydrogen-bond acceptors (Lipinski definition) is 2. The number of pyridine rings is 1. The Morgan fingerprint density at radius 3 is 2.10 bits per heavy atom. The van der Waals surface area contributed by atoms with Crippen LogP contribution >= 0.6 is 0 Å². The smallest absolute Gasteiger partial charge is 0.216 e. The number of benzene rings is 4. The number of fused-ring (bicyclic) bond motifs is 3. The molecule has 0 amide bonds. The molecule has 7 rings (SSSR count). The monoisotopic (exact) mass is 533 g/mol. The Morgan fingerprint density at radius 2 is 1.39 bits per heavy atom. The zero-order valence-corrected chi connectivity index (χ0v) is 23.7. The fourth-order valence-corrected chi connectivity index (χ4v) is 6.68. The van der Waals surface area contributed by atoms with E-state index in [0.29, 0.717) is 17.1 Å². The summed E-state index contributed by atoms with van der Waals surface area (Å²) in [5.74, 6) is 0.716. The minimum atomic E-state index is 0.573. The van der Waals surface area contributed by atoms with Gasteiger partial charge in [-0.2, -0.15) is 5.26 Å². The third kappa shape index (κ3) is 4.41. The van der Waals surface area contributed by atoms with Gasteiger partial charge < -0.3 is 4.42 Å². The molecule has 0 atom stereocenters. The van der Waals surface area contributed by atoms with Crippen molar-refractivity contribution in [2.24, 2.45) is 7.05 Å². The van der Waals surface area contributed by atoms with Gasteiger partial charge in [0.1, 0.15) is 24.3 Å². The van der Waals surface area contributed by atoms with Crippen molar-refractivity contribution < 1.29 is 8.98 Å². The summed E-state index contributed by atoms with van der Waals surface area (Å²) in [7, 11) is 2.05. The van der Waals surface area contributed by atoms with Crippen molar-refractivity contribution in [1.29, 1.82) is 5.26 Å². The average Bonchev–Trinajstić information content (AvgIpc) is 3.40. The van der Waals surface area contributed by atoms with Gasteiger partial charge in [0.15, 0.2) is 11.8 Å². The van der Waals surface area contributed by atoms with Gasteiger partial charge in [0.2, 0.25) is 5.69 Å². The second-order valence-corrected chi connectivity index (χ2v) is 11.4. The Kier molecular flexibility index (Phi) is 6.40. The van der Waals surface area contributed by atoms with Crippen molar-refractivity contribution in [3.8, 4) is 39.6 Å². The van der Waals surface area contributed by atoms with Crippen LogP contribution in [0.15, 0.2) is 102 Å². The highest BCUT2D eigenvalue weighted by atomic mass is 16.3. The van der Waals surface area contributed by atoms with Gasteiger partial charge in [-0.15, -0.1) is 0 Å². The zero-order chi connectivity index (χ0) is 27.9. The van der Waals surface area contributed by atoms with Gasteiger partial charge in [-0.3, -0.25) is 0 Å². The molecule has 0 unspecified atom stereocenters. The van der Waals surface area contributed by atoms with Gasteiger partial charge >= 0.3 is 0 Å². The van der Waals surface area contributed by atoms with Gasteiger partial charge in [-0.25, -0.2) is 4.57 Å². The molecule has 0 aliphatic heterocycles. The maximum atomic E-state index is 10.3. The predicted octanol–water partition coefficient (Wildman–Crippen LogP) is 9.64. The van der Waals surface area contributed by atoms with E-state index in [-0.39, 0.29) is 0 Å². The Bertz CT molecular complexity index is 1930. The molecule has 2 aromatic heterocycles. The van der Waals surface area contributed by atoms with Crippen LogP contribution in [-0.4, -0.2) is 0 Å². The number of aromatic nitrogens is 1. The molecule has 200 valence electrons. The van der Waals surface area contributed by atoms with Crippen molar-refractivity contribution in [2.45, 2.75) is 44.9 Å². The molecule has 0 radical (unpaired) electrons. The van der Waals surface area contributed by atoms with Crippen molar-refractivity contribution in [2.75, 3.05) is 0 Å². The number of nitrogens with zero attached hydrogens (tertiary/aromatic N) is 2. The van der Waals surface area contributed by atoms with E-state index in [1.807, 2.05) is 25.4 Å². The molecular formula is C38H33N2O+. The van der Waals surface area contributed by atoms with E-state index in [1.165, 1.54) is 48.8 Å². The van der Waals surface area contributed by atoms with Crippen LogP contribution in [0.25, 0.3) is 55.4 Å². The third-order valence-corrected chi connectivity index (χ3v) is 8.96. The lowest BCUT2D eigenvalue weighted by atomic mass is 9.83. The number of rotatable bonds is 4. The van der Waals surface area contributed by atoms with Gasteiger partial charge in [0.05, 0.1) is 5.56 Å². The number of aryl methyl sites for hydroxylation is 2. The fourth-order valence-electron chi connectivity index (χ4n) is 6.68. The van der Waals surface area contributed by atoms with Crippen molar-refractivity contribution in [1.82, 2.24) is 0 Å². The highest BCUT2D eigenvalue weighted by Crippen LogP contribution is 2.41. The minimum Gasteiger partial charge on any atom is -0.454 e. The Hall–Kier alpha value is -4.68. The van der Waals surface area contributed by atoms with E-state index in [9.17, 15) is 5.26 Å². The van der Waals surface area contributed by atoms with Gasteiger partial charge in [-0.05, 0) is 65.6 Å². The highest BCUT2D eigenvalue weighted by Gasteiger charge is 2.22. The van der Waals surface area contributed by atoms with E-state index in [4.69, 9.17) is 4.42 Å². The molecule has 0 bridgehead atoms. The van der Waals surface area contributed by atoms with E-state index >= 15 is 0 Å². The standard InChI is InChI=1S/C38H33N2O/c1-25-11-20-33-32-22-21-31(34(24-39)37(32)41-38(33)36(25)35-10-6-7-23-40(35)2)30-18-16-29(17-19-30)28-14-12-27(13-15-28)26-8-4-3-5-9-26/h6-7,10-23,26H,3-5,8-9H2,1-2H3/q+1. The first-order valence-electron chi connectivity index (χ1n) is 14.7.